The lowest BCUT2D eigenvalue weighted by Gasteiger charge is -2.10. The van der Waals surface area contributed by atoms with Crippen LogP contribution < -0.4 is 0 Å². The summed E-state index contributed by atoms with van der Waals surface area (Å²) in [6, 6.07) is 63.7. The van der Waals surface area contributed by atoms with Crippen molar-refractivity contribution >= 4 is 75.3 Å². The van der Waals surface area contributed by atoms with E-state index >= 15 is 0 Å². The van der Waals surface area contributed by atoms with E-state index in [1.807, 2.05) is 6.07 Å². The van der Waals surface area contributed by atoms with E-state index in [0.29, 0.717) is 17.5 Å². The Morgan fingerprint density at radius 3 is 1.89 bits per heavy atom. The molecule has 12 aromatic rings. The van der Waals surface area contributed by atoms with Crippen LogP contribution in [0, 0.1) is 0 Å². The molecule has 5 nitrogen and oxygen atoms in total. The fraction of sp³-hybridized carbons (Fsp3) is 0. The molecule has 8 aromatic carbocycles. The van der Waals surface area contributed by atoms with Crippen LogP contribution in [0.3, 0.4) is 0 Å². The maximum absolute atomic E-state index is 6.72. The topological polar surface area (TPSA) is 56.7 Å². The van der Waals surface area contributed by atoms with E-state index in [1.54, 1.807) is 11.3 Å². The van der Waals surface area contributed by atoms with Gasteiger partial charge in [0.05, 0.1) is 11.0 Å². The molecule has 4 heterocycles. The molecular weight excluding hydrogens is 717 g/mol. The van der Waals surface area contributed by atoms with Crippen LogP contribution in [0.4, 0.5) is 0 Å². The van der Waals surface area contributed by atoms with Gasteiger partial charge in [-0.05, 0) is 65.7 Å². The number of thiophene rings is 1. The molecule has 0 bridgehead atoms. The number of hydrogen-bond acceptors (Lipinski definition) is 5. The predicted molar refractivity (Wildman–Crippen MR) is 236 cm³/mol. The molecular formula is C51H30N4OS. The third-order valence-corrected chi connectivity index (χ3v) is 12.2. The molecule has 0 radical (unpaired) electrons. The molecule has 0 saturated carbocycles. The summed E-state index contributed by atoms with van der Waals surface area (Å²) < 4.78 is 11.5. The van der Waals surface area contributed by atoms with Crippen molar-refractivity contribution in [2.24, 2.45) is 0 Å². The first-order chi connectivity index (χ1) is 28.2. The Kier molecular flexibility index (Phi) is 7.03. The average molecular weight is 747 g/mol. The van der Waals surface area contributed by atoms with E-state index in [1.165, 1.54) is 31.1 Å². The maximum Gasteiger partial charge on any atom is 0.164 e. The number of nitrogens with zero attached hydrogens (tertiary/aromatic N) is 4. The predicted octanol–water partition coefficient (Wildman–Crippen LogP) is 13.9. The summed E-state index contributed by atoms with van der Waals surface area (Å²) in [4.78, 5) is 15.6. The number of benzene rings is 8. The highest BCUT2D eigenvalue weighted by Gasteiger charge is 2.20. The smallest absolute Gasteiger partial charge is 0.164 e. The summed E-state index contributed by atoms with van der Waals surface area (Å²) >= 11 is 1.79. The third kappa shape index (κ3) is 5.12. The SMILES string of the molecule is c1ccc(-c2cccc(-c3nc(-c4ccc5c(c4)oc4cc6c(cc45)c4ccccc4n6-c4ccccc4)nc(-c4cccc5sc6ccccc6c45)n3)c2)cc1. The first-order valence-corrected chi connectivity index (χ1v) is 19.8. The number of hydrogen-bond donors (Lipinski definition) is 0. The number of aromatic nitrogens is 4. The van der Waals surface area contributed by atoms with Crippen molar-refractivity contribution in [2.45, 2.75) is 0 Å². The van der Waals surface area contributed by atoms with Gasteiger partial charge >= 0.3 is 0 Å². The summed E-state index contributed by atoms with van der Waals surface area (Å²) in [5.74, 6) is 1.84. The quantitative estimate of drug-likeness (QED) is 0.176. The summed E-state index contributed by atoms with van der Waals surface area (Å²) in [5, 5.41) is 6.88. The van der Waals surface area contributed by atoms with Crippen molar-refractivity contribution in [3.8, 4) is 51.0 Å². The number of para-hydroxylation sites is 2. The molecule has 0 amide bonds. The van der Waals surface area contributed by atoms with Gasteiger partial charge in [-0.15, -0.1) is 11.3 Å². The van der Waals surface area contributed by atoms with Gasteiger partial charge in [0.1, 0.15) is 11.2 Å². The molecule has 0 fully saturated rings. The Balaban J connectivity index is 1.06. The Bertz CT molecular complexity index is 3530. The van der Waals surface area contributed by atoms with Crippen LogP contribution in [0.5, 0.6) is 0 Å². The molecule has 0 saturated heterocycles. The van der Waals surface area contributed by atoms with Crippen LogP contribution in [0.1, 0.15) is 0 Å². The van der Waals surface area contributed by atoms with Gasteiger partial charge in [-0.1, -0.05) is 121 Å². The van der Waals surface area contributed by atoms with Crippen molar-refractivity contribution in [3.05, 3.63) is 182 Å². The van der Waals surface area contributed by atoms with E-state index in [9.17, 15) is 0 Å². The minimum Gasteiger partial charge on any atom is -0.456 e. The molecule has 0 aliphatic heterocycles. The molecule has 0 atom stereocenters. The van der Waals surface area contributed by atoms with Crippen LogP contribution in [0.15, 0.2) is 186 Å². The van der Waals surface area contributed by atoms with Gasteiger partial charge < -0.3 is 8.98 Å². The van der Waals surface area contributed by atoms with Gasteiger partial charge in [-0.3, -0.25) is 0 Å². The zero-order valence-corrected chi connectivity index (χ0v) is 31.2. The largest absolute Gasteiger partial charge is 0.456 e. The van der Waals surface area contributed by atoms with Gasteiger partial charge in [0.2, 0.25) is 0 Å². The summed E-state index contributed by atoms with van der Waals surface area (Å²) in [6.45, 7) is 0. The molecule has 0 unspecified atom stereocenters. The minimum atomic E-state index is 0.589. The van der Waals surface area contributed by atoms with Crippen molar-refractivity contribution < 1.29 is 4.42 Å². The van der Waals surface area contributed by atoms with Crippen molar-refractivity contribution in [3.63, 3.8) is 0 Å². The fourth-order valence-electron chi connectivity index (χ4n) is 8.42. The Morgan fingerprint density at radius 1 is 0.386 bits per heavy atom. The molecule has 57 heavy (non-hydrogen) atoms. The van der Waals surface area contributed by atoms with E-state index in [-0.39, 0.29) is 0 Å². The van der Waals surface area contributed by atoms with Crippen LogP contribution in [0.2, 0.25) is 0 Å². The molecule has 0 spiro atoms. The van der Waals surface area contributed by atoms with Crippen molar-refractivity contribution in [1.29, 1.82) is 0 Å². The van der Waals surface area contributed by atoms with E-state index in [2.05, 4.69) is 180 Å². The van der Waals surface area contributed by atoms with Gasteiger partial charge in [-0.2, -0.15) is 0 Å². The van der Waals surface area contributed by atoms with Crippen molar-refractivity contribution in [1.82, 2.24) is 19.5 Å². The zero-order valence-electron chi connectivity index (χ0n) is 30.4. The second kappa shape index (κ2) is 12.6. The lowest BCUT2D eigenvalue weighted by atomic mass is 10.0. The molecule has 0 N–H and O–H groups in total. The molecule has 6 heteroatoms. The van der Waals surface area contributed by atoms with Gasteiger partial charge in [-0.25, -0.2) is 15.0 Å². The summed E-state index contributed by atoms with van der Waals surface area (Å²) in [5.41, 5.74) is 10.0. The van der Waals surface area contributed by atoms with Crippen LogP contribution in [-0.4, -0.2) is 19.5 Å². The standard InChI is InChI=1S/C51H30N4OS/c1-3-13-31(14-4-1)32-15-11-16-33(27-32)49-52-50(54-51(53-49)39-21-12-24-47-48(39)38-20-8-10-23-46(38)57-47)34-25-26-37-41-29-40-36-19-7-9-22-42(36)55(35-17-5-2-6-18-35)43(40)30-45(41)56-44(37)28-34/h1-30H. The van der Waals surface area contributed by atoms with Crippen LogP contribution in [-0.2, 0) is 0 Å². The normalized spacial score (nSPS) is 11.9. The van der Waals surface area contributed by atoms with Crippen LogP contribution in [0.25, 0.3) is 115 Å². The Labute approximate surface area is 330 Å². The molecule has 12 rings (SSSR count). The van der Waals surface area contributed by atoms with Gasteiger partial charge in [0.25, 0.3) is 0 Å². The average Bonchev–Trinajstić information content (AvgIpc) is 3.95. The first-order valence-electron chi connectivity index (χ1n) is 19.0. The fourth-order valence-corrected chi connectivity index (χ4v) is 9.55. The third-order valence-electron chi connectivity index (χ3n) is 11.0. The highest BCUT2D eigenvalue weighted by molar-refractivity contribution is 7.25. The van der Waals surface area contributed by atoms with E-state index in [4.69, 9.17) is 19.4 Å². The molecule has 0 aliphatic rings. The van der Waals surface area contributed by atoms with Gasteiger partial charge in [0, 0.05) is 70.2 Å². The Hall–Kier alpha value is -7.41. The lowest BCUT2D eigenvalue weighted by molar-refractivity contribution is 0.669. The maximum atomic E-state index is 6.72. The highest BCUT2D eigenvalue weighted by Crippen LogP contribution is 2.42. The zero-order chi connectivity index (χ0) is 37.5. The molecule has 4 aromatic heterocycles. The molecule has 0 aliphatic carbocycles. The number of fused-ring (bicyclic) bond motifs is 9. The number of rotatable bonds is 5. The van der Waals surface area contributed by atoms with Gasteiger partial charge in [0.15, 0.2) is 17.5 Å². The van der Waals surface area contributed by atoms with E-state index in [0.717, 1.165) is 66.3 Å². The Morgan fingerprint density at radius 2 is 1.04 bits per heavy atom. The van der Waals surface area contributed by atoms with Crippen molar-refractivity contribution in [2.75, 3.05) is 0 Å². The second-order valence-electron chi connectivity index (χ2n) is 14.4. The first kappa shape index (κ1) is 31.9. The summed E-state index contributed by atoms with van der Waals surface area (Å²) in [7, 11) is 0. The minimum absolute atomic E-state index is 0.589. The molecule has 266 valence electrons. The highest BCUT2D eigenvalue weighted by atomic mass is 32.1. The summed E-state index contributed by atoms with van der Waals surface area (Å²) in [6.07, 6.45) is 0. The monoisotopic (exact) mass is 746 g/mol. The van der Waals surface area contributed by atoms with E-state index < -0.39 is 0 Å². The van der Waals surface area contributed by atoms with Crippen LogP contribution >= 0.6 is 11.3 Å². The number of furan rings is 1. The lowest BCUT2D eigenvalue weighted by Crippen LogP contribution is -2.00. The second-order valence-corrected chi connectivity index (χ2v) is 15.5.